The van der Waals surface area contributed by atoms with Gasteiger partial charge in [0.1, 0.15) is 6.61 Å². The average Bonchev–Trinajstić information content (AvgIpc) is 3.21. The Hall–Kier alpha value is -2.03. The molecule has 0 heterocycles. The average molecular weight is 243 g/mol. The fraction of sp³-hybridized carbons (Fsp3) is 0.267. The molecule has 3 nitrogen and oxygen atoms in total. The van der Waals surface area contributed by atoms with Crippen LogP contribution in [-0.2, 0) is 11.3 Å². The molecular formula is C15H17NO2. The Morgan fingerprint density at radius 2 is 2.06 bits per heavy atom. The van der Waals surface area contributed by atoms with E-state index in [0.717, 1.165) is 5.56 Å². The molecule has 0 bridgehead atoms. The van der Waals surface area contributed by atoms with Crippen LogP contribution in [0.3, 0.4) is 0 Å². The highest BCUT2D eigenvalue weighted by Gasteiger charge is 2.20. The Balaban J connectivity index is 1.82. The van der Waals surface area contributed by atoms with Crippen LogP contribution in [0, 0.1) is 5.92 Å². The molecule has 0 spiro atoms. The molecule has 0 N–H and O–H groups in total. The lowest BCUT2D eigenvalue weighted by Crippen LogP contribution is -2.33. The molecule has 1 aromatic carbocycles. The summed E-state index contributed by atoms with van der Waals surface area (Å²) in [6.07, 6.45) is 5.57. The molecule has 0 saturated carbocycles. The van der Waals surface area contributed by atoms with E-state index in [0.29, 0.717) is 25.6 Å². The molecule has 1 aromatic rings. The highest BCUT2D eigenvalue weighted by atomic mass is 16.6. The number of hydrogen-bond acceptors (Lipinski definition) is 2. The molecule has 0 unspecified atom stereocenters. The number of hydrogen-bond donors (Lipinski definition) is 0. The first-order valence-corrected chi connectivity index (χ1v) is 6.04. The third kappa shape index (κ3) is 3.77. The number of rotatable bonds is 6. The van der Waals surface area contributed by atoms with Gasteiger partial charge in [-0.1, -0.05) is 48.6 Å². The molecular weight excluding hydrogens is 226 g/mol. The monoisotopic (exact) mass is 243 g/mol. The molecule has 3 heteroatoms. The third-order valence-corrected chi connectivity index (χ3v) is 2.71. The minimum atomic E-state index is -0.285. The summed E-state index contributed by atoms with van der Waals surface area (Å²) in [5.74, 6) is 0.411. The molecule has 1 amide bonds. The van der Waals surface area contributed by atoms with Crippen LogP contribution in [0.25, 0.3) is 0 Å². The van der Waals surface area contributed by atoms with Gasteiger partial charge in [-0.05, 0) is 5.56 Å². The van der Waals surface area contributed by atoms with E-state index in [-0.39, 0.29) is 6.09 Å². The van der Waals surface area contributed by atoms with E-state index in [4.69, 9.17) is 4.74 Å². The molecule has 2 rings (SSSR count). The zero-order valence-electron chi connectivity index (χ0n) is 10.3. The Morgan fingerprint density at radius 3 is 2.67 bits per heavy atom. The number of ether oxygens (including phenoxy) is 1. The molecule has 0 atom stereocenters. The van der Waals surface area contributed by atoms with Crippen LogP contribution in [0.1, 0.15) is 5.56 Å². The summed E-state index contributed by atoms with van der Waals surface area (Å²) < 4.78 is 5.28. The van der Waals surface area contributed by atoms with Gasteiger partial charge in [0.05, 0.1) is 0 Å². The van der Waals surface area contributed by atoms with Crippen molar-refractivity contribution in [2.45, 2.75) is 6.61 Å². The molecule has 94 valence electrons. The van der Waals surface area contributed by atoms with Crippen LogP contribution < -0.4 is 0 Å². The van der Waals surface area contributed by atoms with Crippen molar-refractivity contribution in [2.24, 2.45) is 5.92 Å². The first kappa shape index (κ1) is 12.4. The summed E-state index contributed by atoms with van der Waals surface area (Å²) in [5, 5.41) is 0. The highest BCUT2D eigenvalue weighted by molar-refractivity contribution is 5.68. The smallest absolute Gasteiger partial charge is 0.410 e. The van der Waals surface area contributed by atoms with Crippen LogP contribution in [-0.4, -0.2) is 24.1 Å². The van der Waals surface area contributed by atoms with Crippen LogP contribution in [0.5, 0.6) is 0 Å². The van der Waals surface area contributed by atoms with Gasteiger partial charge in [-0.15, -0.1) is 6.58 Å². The second-order valence-electron chi connectivity index (χ2n) is 4.28. The van der Waals surface area contributed by atoms with Gasteiger partial charge < -0.3 is 9.64 Å². The first-order valence-electron chi connectivity index (χ1n) is 6.04. The maximum Gasteiger partial charge on any atom is 0.410 e. The summed E-state index contributed by atoms with van der Waals surface area (Å²) in [6, 6.07) is 9.67. The number of benzene rings is 1. The third-order valence-electron chi connectivity index (χ3n) is 2.71. The van der Waals surface area contributed by atoms with Gasteiger partial charge >= 0.3 is 6.09 Å². The second-order valence-corrected chi connectivity index (χ2v) is 4.28. The van der Waals surface area contributed by atoms with Crippen molar-refractivity contribution >= 4 is 6.09 Å². The predicted octanol–water partition coefficient (Wildman–Crippen LogP) is 3.00. The summed E-state index contributed by atoms with van der Waals surface area (Å²) in [6.45, 7) is 5.17. The molecule has 1 aliphatic carbocycles. The zero-order chi connectivity index (χ0) is 12.8. The van der Waals surface area contributed by atoms with Crippen molar-refractivity contribution in [3.05, 3.63) is 60.7 Å². The van der Waals surface area contributed by atoms with E-state index in [1.807, 2.05) is 30.3 Å². The maximum absolute atomic E-state index is 11.9. The number of carbonyl (C=O) groups excluding carboxylic acids is 1. The van der Waals surface area contributed by atoms with E-state index < -0.39 is 0 Å². The van der Waals surface area contributed by atoms with Gasteiger partial charge in [-0.2, -0.15) is 0 Å². The van der Waals surface area contributed by atoms with Crippen LogP contribution >= 0.6 is 0 Å². The largest absolute Gasteiger partial charge is 0.445 e. The minimum absolute atomic E-state index is 0.285. The van der Waals surface area contributed by atoms with E-state index in [1.165, 1.54) is 0 Å². The van der Waals surface area contributed by atoms with E-state index >= 15 is 0 Å². The maximum atomic E-state index is 11.9. The fourth-order valence-corrected chi connectivity index (χ4v) is 1.64. The molecule has 0 saturated heterocycles. The van der Waals surface area contributed by atoms with Crippen molar-refractivity contribution < 1.29 is 9.53 Å². The van der Waals surface area contributed by atoms with E-state index in [1.54, 1.807) is 11.0 Å². The van der Waals surface area contributed by atoms with Crippen LogP contribution in [0.15, 0.2) is 55.1 Å². The number of carbonyl (C=O) groups is 1. The SMILES string of the molecule is C=CCN(CC1C=C1)C(=O)OCc1ccccc1. The van der Waals surface area contributed by atoms with Crippen molar-refractivity contribution in [1.29, 1.82) is 0 Å². The van der Waals surface area contributed by atoms with Gasteiger partial charge in [0.25, 0.3) is 0 Å². The lowest BCUT2D eigenvalue weighted by molar-refractivity contribution is 0.0993. The summed E-state index contributed by atoms with van der Waals surface area (Å²) in [7, 11) is 0. The zero-order valence-corrected chi connectivity index (χ0v) is 10.3. The van der Waals surface area contributed by atoms with E-state index in [2.05, 4.69) is 18.7 Å². The first-order chi connectivity index (χ1) is 8.79. The molecule has 0 radical (unpaired) electrons. The molecule has 18 heavy (non-hydrogen) atoms. The van der Waals surface area contributed by atoms with Gasteiger partial charge in [0.15, 0.2) is 0 Å². The fourth-order valence-electron chi connectivity index (χ4n) is 1.64. The Labute approximate surface area is 107 Å². The van der Waals surface area contributed by atoms with Gasteiger partial charge in [0.2, 0.25) is 0 Å². The second kappa shape index (κ2) is 6.05. The van der Waals surface area contributed by atoms with Crippen molar-refractivity contribution in [1.82, 2.24) is 4.90 Å². The van der Waals surface area contributed by atoms with Gasteiger partial charge in [0, 0.05) is 19.0 Å². The molecule has 0 aromatic heterocycles. The van der Waals surface area contributed by atoms with Gasteiger partial charge in [-0.3, -0.25) is 0 Å². The van der Waals surface area contributed by atoms with Crippen molar-refractivity contribution in [3.63, 3.8) is 0 Å². The van der Waals surface area contributed by atoms with Crippen LogP contribution in [0.4, 0.5) is 4.79 Å². The molecule has 0 fully saturated rings. The lowest BCUT2D eigenvalue weighted by atomic mass is 10.2. The Morgan fingerprint density at radius 1 is 1.33 bits per heavy atom. The molecule has 0 aliphatic heterocycles. The normalized spacial score (nSPS) is 13.1. The minimum Gasteiger partial charge on any atom is -0.445 e. The predicted molar refractivity (Wildman–Crippen MR) is 71.0 cm³/mol. The van der Waals surface area contributed by atoms with Crippen molar-refractivity contribution in [2.75, 3.05) is 13.1 Å². The highest BCUT2D eigenvalue weighted by Crippen LogP contribution is 2.17. The summed E-state index contributed by atoms with van der Waals surface area (Å²) in [4.78, 5) is 13.6. The number of nitrogens with zero attached hydrogens (tertiary/aromatic N) is 1. The van der Waals surface area contributed by atoms with E-state index in [9.17, 15) is 4.79 Å². The molecule has 1 aliphatic rings. The topological polar surface area (TPSA) is 29.5 Å². The summed E-state index contributed by atoms with van der Waals surface area (Å²) >= 11 is 0. The van der Waals surface area contributed by atoms with Crippen molar-refractivity contribution in [3.8, 4) is 0 Å². The van der Waals surface area contributed by atoms with Crippen LogP contribution in [0.2, 0.25) is 0 Å². The Bertz CT molecular complexity index is 433. The summed E-state index contributed by atoms with van der Waals surface area (Å²) in [5.41, 5.74) is 0.994. The Kier molecular flexibility index (Phi) is 4.18. The lowest BCUT2D eigenvalue weighted by Gasteiger charge is -2.20. The standard InChI is InChI=1S/C15H17NO2/c1-2-10-16(11-13-8-9-13)15(17)18-12-14-6-4-3-5-7-14/h2-9,13H,1,10-12H2. The quantitative estimate of drug-likeness (QED) is 0.719. The van der Waals surface area contributed by atoms with Gasteiger partial charge in [-0.25, -0.2) is 4.79 Å². The number of amides is 1.